The lowest BCUT2D eigenvalue weighted by Crippen LogP contribution is -2.46. The summed E-state index contributed by atoms with van der Waals surface area (Å²) in [5, 5.41) is 1.29. The topological polar surface area (TPSA) is 45.1 Å². The summed E-state index contributed by atoms with van der Waals surface area (Å²) in [5.74, 6) is 2.62. The third kappa shape index (κ3) is 2.27. The predicted octanol–water partition coefficient (Wildman–Crippen LogP) is 4.66. The molecule has 0 saturated carbocycles. The minimum absolute atomic E-state index is 0. The van der Waals surface area contributed by atoms with Crippen molar-refractivity contribution < 1.29 is 4.42 Å². The van der Waals surface area contributed by atoms with Crippen LogP contribution in [-0.4, -0.2) is 34.5 Å². The molecule has 2 bridgehead atoms. The number of rotatable bonds is 2. The van der Waals surface area contributed by atoms with Gasteiger partial charge in [0.1, 0.15) is 5.52 Å². The smallest absolute Gasteiger partial charge is 0.198 e. The summed E-state index contributed by atoms with van der Waals surface area (Å²) in [5.41, 5.74) is 4.60. The second-order valence-corrected chi connectivity index (χ2v) is 7.53. The lowest BCUT2D eigenvalue weighted by Gasteiger charge is -2.44. The average molecular weight is 346 g/mol. The molecule has 1 aromatic carbocycles. The Morgan fingerprint density at radius 1 is 1.25 bits per heavy atom. The molecule has 1 N–H and O–H groups in total. The van der Waals surface area contributed by atoms with Gasteiger partial charge >= 0.3 is 0 Å². The monoisotopic (exact) mass is 345 g/mol. The van der Waals surface area contributed by atoms with Gasteiger partial charge in [-0.05, 0) is 49.5 Å². The Labute approximate surface area is 148 Å². The largest absolute Gasteiger partial charge is 0.440 e. The van der Waals surface area contributed by atoms with Gasteiger partial charge in [0.05, 0.1) is 0 Å². The third-order valence-corrected chi connectivity index (χ3v) is 5.80. The molecule has 0 aliphatic carbocycles. The molecule has 0 amide bonds. The minimum Gasteiger partial charge on any atom is -0.440 e. The van der Waals surface area contributed by atoms with E-state index in [1.54, 1.807) is 0 Å². The van der Waals surface area contributed by atoms with Crippen LogP contribution < -0.4 is 0 Å². The van der Waals surface area contributed by atoms with Crippen LogP contribution in [0.15, 0.2) is 22.7 Å². The molecule has 0 radical (unpaired) electrons. The van der Waals surface area contributed by atoms with E-state index in [2.05, 4.69) is 36.0 Å². The van der Waals surface area contributed by atoms with Crippen LogP contribution in [0.4, 0.5) is 0 Å². The van der Waals surface area contributed by atoms with E-state index >= 15 is 0 Å². The van der Waals surface area contributed by atoms with Crippen molar-refractivity contribution in [2.45, 2.75) is 38.5 Å². The number of oxazole rings is 1. The molecule has 3 fully saturated rings. The first-order valence-corrected chi connectivity index (χ1v) is 8.83. The van der Waals surface area contributed by atoms with Gasteiger partial charge in [-0.3, -0.25) is 0 Å². The fourth-order valence-electron chi connectivity index (χ4n) is 4.51. The molecule has 3 aliphatic rings. The van der Waals surface area contributed by atoms with Gasteiger partial charge in [-0.2, -0.15) is 0 Å². The zero-order valence-corrected chi connectivity index (χ0v) is 15.0. The third-order valence-electron chi connectivity index (χ3n) is 5.80. The second-order valence-electron chi connectivity index (χ2n) is 7.53. The van der Waals surface area contributed by atoms with Gasteiger partial charge in [0.2, 0.25) is 0 Å². The van der Waals surface area contributed by atoms with E-state index in [1.807, 2.05) is 6.07 Å². The van der Waals surface area contributed by atoms with Crippen LogP contribution in [-0.2, 0) is 0 Å². The van der Waals surface area contributed by atoms with E-state index in [1.165, 1.54) is 48.9 Å². The zero-order chi connectivity index (χ0) is 15.6. The first-order chi connectivity index (χ1) is 11.2. The van der Waals surface area contributed by atoms with Crippen LogP contribution in [0.5, 0.6) is 0 Å². The number of halogens is 1. The lowest BCUT2D eigenvalue weighted by atomic mass is 9.75. The molecule has 2 aromatic heterocycles. The highest BCUT2D eigenvalue weighted by Gasteiger charge is 2.36. The number of hydrogen-bond acceptors (Lipinski definition) is 3. The van der Waals surface area contributed by atoms with Crippen molar-refractivity contribution in [1.82, 2.24) is 14.9 Å². The predicted molar refractivity (Wildman–Crippen MR) is 99.1 cm³/mol. The van der Waals surface area contributed by atoms with E-state index in [-0.39, 0.29) is 12.4 Å². The van der Waals surface area contributed by atoms with E-state index < -0.39 is 0 Å². The maximum Gasteiger partial charge on any atom is 0.198 e. The summed E-state index contributed by atoms with van der Waals surface area (Å²) in [4.78, 5) is 10.9. The number of aromatic nitrogens is 2. The number of benzene rings is 1. The molecule has 1 atom stereocenters. The maximum absolute atomic E-state index is 5.98. The molecule has 3 aliphatic heterocycles. The first kappa shape index (κ1) is 16.0. The van der Waals surface area contributed by atoms with Gasteiger partial charge < -0.3 is 14.3 Å². The summed E-state index contributed by atoms with van der Waals surface area (Å²) in [6.45, 7) is 8.02. The number of aromatic amines is 1. The Hall–Kier alpha value is -1.52. The van der Waals surface area contributed by atoms with Crippen LogP contribution in [0.3, 0.4) is 0 Å². The Morgan fingerprint density at radius 3 is 2.71 bits per heavy atom. The van der Waals surface area contributed by atoms with Crippen molar-refractivity contribution in [2.75, 3.05) is 19.6 Å². The summed E-state index contributed by atoms with van der Waals surface area (Å²) in [6.07, 6.45) is 4.90. The number of nitrogens with zero attached hydrogens (tertiary/aromatic N) is 2. The molecule has 3 aromatic rings. The Morgan fingerprint density at radius 2 is 2.04 bits per heavy atom. The summed E-state index contributed by atoms with van der Waals surface area (Å²) >= 11 is 0. The highest BCUT2D eigenvalue weighted by molar-refractivity contribution is 6.04. The number of H-pyrrole nitrogens is 1. The Balaban J connectivity index is 0.00000146. The van der Waals surface area contributed by atoms with Crippen LogP contribution in [0, 0.1) is 5.92 Å². The van der Waals surface area contributed by atoms with Crippen LogP contribution in [0.25, 0.3) is 22.0 Å². The summed E-state index contributed by atoms with van der Waals surface area (Å²) in [7, 11) is 0. The van der Waals surface area contributed by atoms with Crippen LogP contribution >= 0.6 is 12.4 Å². The quantitative estimate of drug-likeness (QED) is 0.734. The maximum atomic E-state index is 5.98. The van der Waals surface area contributed by atoms with E-state index in [0.717, 1.165) is 22.9 Å². The van der Waals surface area contributed by atoms with E-state index in [0.29, 0.717) is 11.8 Å². The molecule has 24 heavy (non-hydrogen) atoms. The van der Waals surface area contributed by atoms with Gasteiger partial charge in [-0.1, -0.05) is 13.8 Å². The molecule has 4 nitrogen and oxygen atoms in total. The summed E-state index contributed by atoms with van der Waals surface area (Å²) < 4.78 is 5.98. The number of fused-ring (bicyclic) bond motifs is 6. The van der Waals surface area contributed by atoms with Gasteiger partial charge in [0.25, 0.3) is 0 Å². The zero-order valence-electron chi connectivity index (χ0n) is 14.2. The molecule has 5 heteroatoms. The average Bonchev–Trinajstić information content (AvgIpc) is 3.19. The molecular formula is C19H24ClN3O. The van der Waals surface area contributed by atoms with Crippen molar-refractivity contribution >= 4 is 34.4 Å². The summed E-state index contributed by atoms with van der Waals surface area (Å²) in [6, 6.07) is 4.19. The van der Waals surface area contributed by atoms with Gasteiger partial charge in [-0.15, -0.1) is 12.4 Å². The van der Waals surface area contributed by atoms with Gasteiger partial charge in [-0.25, -0.2) is 4.98 Å². The minimum atomic E-state index is 0. The van der Waals surface area contributed by atoms with Crippen molar-refractivity contribution in [3.8, 4) is 0 Å². The molecular weight excluding hydrogens is 322 g/mol. The SMILES string of the molecule is CC(C)c1nc2c(ccc3[nH]cc(C4CN5CCC4CC5)c32)o1.Cl. The molecule has 1 unspecified atom stereocenters. The number of hydrogen-bond donors (Lipinski definition) is 1. The highest BCUT2D eigenvalue weighted by atomic mass is 35.5. The first-order valence-electron chi connectivity index (χ1n) is 8.83. The van der Waals surface area contributed by atoms with E-state index in [9.17, 15) is 0 Å². The lowest BCUT2D eigenvalue weighted by molar-refractivity contribution is 0.0877. The molecule has 0 spiro atoms. The number of nitrogens with one attached hydrogen (secondary N) is 1. The van der Waals surface area contributed by atoms with Crippen molar-refractivity contribution in [3.63, 3.8) is 0 Å². The Kier molecular flexibility index (Phi) is 3.85. The molecule has 5 heterocycles. The fourth-order valence-corrected chi connectivity index (χ4v) is 4.51. The highest BCUT2D eigenvalue weighted by Crippen LogP contribution is 2.43. The molecule has 3 saturated heterocycles. The Bertz CT molecular complexity index is 873. The number of piperidine rings is 3. The second kappa shape index (κ2) is 5.78. The normalized spacial score (nSPS) is 26.4. The van der Waals surface area contributed by atoms with E-state index in [4.69, 9.17) is 9.40 Å². The van der Waals surface area contributed by atoms with Gasteiger partial charge in [0, 0.05) is 35.5 Å². The molecule has 6 rings (SSSR count). The molecule has 128 valence electrons. The fraction of sp³-hybridized carbons (Fsp3) is 0.526. The standard InChI is InChI=1S/C19H23N3O.ClH/c1-11(2)19-21-18-16(23-19)4-3-15-17(18)13(9-20-15)14-10-22-7-5-12(14)6-8-22;/h3-4,9,11-12,14,20H,5-8,10H2,1-2H3;1H. The van der Waals surface area contributed by atoms with Crippen molar-refractivity contribution in [1.29, 1.82) is 0 Å². The van der Waals surface area contributed by atoms with Crippen molar-refractivity contribution in [2.24, 2.45) is 5.92 Å². The van der Waals surface area contributed by atoms with Crippen LogP contribution in [0.1, 0.15) is 50.0 Å². The van der Waals surface area contributed by atoms with Crippen molar-refractivity contribution in [3.05, 3.63) is 29.8 Å². The van der Waals surface area contributed by atoms with Crippen LogP contribution in [0.2, 0.25) is 0 Å². The van der Waals surface area contributed by atoms with Gasteiger partial charge in [0.15, 0.2) is 11.5 Å².